The molecule has 0 spiro atoms. The Morgan fingerprint density at radius 2 is 1.87 bits per heavy atom. The van der Waals surface area contributed by atoms with Crippen molar-refractivity contribution in [3.05, 3.63) is 92.9 Å². The lowest BCUT2D eigenvalue weighted by Crippen LogP contribution is -2.13. The van der Waals surface area contributed by atoms with Crippen LogP contribution in [0.2, 0.25) is 5.02 Å². The maximum absolute atomic E-state index is 12.5. The van der Waals surface area contributed by atoms with Gasteiger partial charge in [0, 0.05) is 10.7 Å². The molecule has 0 aliphatic heterocycles. The number of carbonyl (C=O) groups is 1. The number of anilines is 1. The van der Waals surface area contributed by atoms with Crippen LogP contribution in [0.25, 0.3) is 6.08 Å². The standard InChI is InChI=1S/C24H18BrClN2O3/c1-30-22-13-17(11-18(14-27)24(29)28-20-5-3-2-4-6-20)12-21(25)23(22)31-15-16-7-9-19(26)10-8-16/h2-13H,15H2,1H3,(H,28,29)/b18-11-. The molecule has 31 heavy (non-hydrogen) atoms. The lowest BCUT2D eigenvalue weighted by atomic mass is 10.1. The number of carbonyl (C=O) groups excluding carboxylic acids is 1. The van der Waals surface area contributed by atoms with Crippen LogP contribution in [-0.2, 0) is 11.4 Å². The van der Waals surface area contributed by atoms with Crippen molar-refractivity contribution >= 4 is 45.2 Å². The Kier molecular flexibility index (Phi) is 7.71. The van der Waals surface area contributed by atoms with E-state index in [0.29, 0.717) is 38.9 Å². The van der Waals surface area contributed by atoms with Gasteiger partial charge in [0.15, 0.2) is 11.5 Å². The molecule has 0 unspecified atom stereocenters. The molecule has 3 aromatic rings. The number of methoxy groups -OCH3 is 1. The van der Waals surface area contributed by atoms with Gasteiger partial charge in [-0.2, -0.15) is 5.26 Å². The Hall–Kier alpha value is -3.27. The lowest BCUT2D eigenvalue weighted by Gasteiger charge is -2.14. The van der Waals surface area contributed by atoms with Crippen LogP contribution in [0.3, 0.4) is 0 Å². The predicted octanol–water partition coefficient (Wildman–Crippen LogP) is 6.24. The first kappa shape index (κ1) is 22.4. The molecule has 3 rings (SSSR count). The third kappa shape index (κ3) is 6.11. The number of hydrogen-bond donors (Lipinski definition) is 1. The highest BCUT2D eigenvalue weighted by molar-refractivity contribution is 9.10. The van der Waals surface area contributed by atoms with Gasteiger partial charge in [-0.3, -0.25) is 4.79 Å². The highest BCUT2D eigenvalue weighted by Gasteiger charge is 2.14. The molecule has 3 aromatic carbocycles. The average Bonchev–Trinajstić information content (AvgIpc) is 2.78. The fourth-order valence-electron chi connectivity index (χ4n) is 2.73. The van der Waals surface area contributed by atoms with Gasteiger partial charge < -0.3 is 14.8 Å². The molecule has 0 atom stereocenters. The first-order valence-electron chi connectivity index (χ1n) is 9.23. The van der Waals surface area contributed by atoms with Crippen molar-refractivity contribution in [1.82, 2.24) is 0 Å². The van der Waals surface area contributed by atoms with Gasteiger partial charge in [-0.1, -0.05) is 41.9 Å². The number of para-hydroxylation sites is 1. The van der Waals surface area contributed by atoms with E-state index in [4.69, 9.17) is 21.1 Å². The molecule has 0 radical (unpaired) electrons. The van der Waals surface area contributed by atoms with Crippen LogP contribution in [0.4, 0.5) is 5.69 Å². The monoisotopic (exact) mass is 496 g/mol. The second-order valence-electron chi connectivity index (χ2n) is 6.44. The molecule has 0 bridgehead atoms. The smallest absolute Gasteiger partial charge is 0.266 e. The number of benzene rings is 3. The minimum atomic E-state index is -0.494. The normalized spacial score (nSPS) is 10.8. The number of nitrogens with zero attached hydrogens (tertiary/aromatic N) is 1. The maximum Gasteiger partial charge on any atom is 0.266 e. The average molecular weight is 498 g/mol. The molecule has 1 N–H and O–H groups in total. The largest absolute Gasteiger partial charge is 0.493 e. The number of nitriles is 1. The molecule has 0 aliphatic rings. The molecule has 156 valence electrons. The van der Waals surface area contributed by atoms with Crippen LogP contribution in [-0.4, -0.2) is 13.0 Å². The van der Waals surface area contributed by atoms with Crippen LogP contribution < -0.4 is 14.8 Å². The highest BCUT2D eigenvalue weighted by Crippen LogP contribution is 2.37. The van der Waals surface area contributed by atoms with E-state index in [0.717, 1.165) is 5.56 Å². The van der Waals surface area contributed by atoms with Gasteiger partial charge in [0.1, 0.15) is 18.2 Å². The first-order chi connectivity index (χ1) is 15.0. The fraction of sp³-hybridized carbons (Fsp3) is 0.0833. The zero-order valence-corrected chi connectivity index (χ0v) is 18.9. The molecule has 1 amide bonds. The van der Waals surface area contributed by atoms with Gasteiger partial charge >= 0.3 is 0 Å². The van der Waals surface area contributed by atoms with E-state index in [9.17, 15) is 10.1 Å². The number of rotatable bonds is 7. The maximum atomic E-state index is 12.5. The summed E-state index contributed by atoms with van der Waals surface area (Å²) in [5, 5.41) is 12.8. The summed E-state index contributed by atoms with van der Waals surface area (Å²) in [6.07, 6.45) is 1.49. The van der Waals surface area contributed by atoms with Gasteiger partial charge in [-0.15, -0.1) is 0 Å². The van der Waals surface area contributed by atoms with Gasteiger partial charge in [-0.25, -0.2) is 0 Å². The summed E-state index contributed by atoms with van der Waals surface area (Å²) in [5.41, 5.74) is 2.14. The second-order valence-corrected chi connectivity index (χ2v) is 7.73. The Labute approximate surface area is 194 Å². The topological polar surface area (TPSA) is 71.3 Å². The van der Waals surface area contributed by atoms with E-state index in [-0.39, 0.29) is 5.57 Å². The van der Waals surface area contributed by atoms with Gasteiger partial charge in [0.05, 0.1) is 11.6 Å². The Morgan fingerprint density at radius 1 is 1.16 bits per heavy atom. The molecule has 0 saturated heterocycles. The third-order valence-electron chi connectivity index (χ3n) is 4.26. The number of hydrogen-bond acceptors (Lipinski definition) is 4. The van der Waals surface area contributed by atoms with Crippen LogP contribution in [0.15, 0.2) is 76.8 Å². The third-order valence-corrected chi connectivity index (χ3v) is 5.10. The van der Waals surface area contributed by atoms with Crippen molar-refractivity contribution in [1.29, 1.82) is 5.26 Å². The fourth-order valence-corrected chi connectivity index (χ4v) is 3.43. The van der Waals surface area contributed by atoms with Crippen molar-refractivity contribution in [2.45, 2.75) is 6.61 Å². The minimum Gasteiger partial charge on any atom is -0.493 e. The molecule has 0 saturated carbocycles. The number of ether oxygens (including phenoxy) is 2. The number of nitrogens with one attached hydrogen (secondary N) is 1. The Balaban J connectivity index is 1.81. The number of halogens is 2. The first-order valence-corrected chi connectivity index (χ1v) is 10.4. The van der Waals surface area contributed by atoms with E-state index in [1.54, 1.807) is 48.5 Å². The van der Waals surface area contributed by atoms with E-state index < -0.39 is 5.91 Å². The molecule has 0 aliphatic carbocycles. The summed E-state index contributed by atoms with van der Waals surface area (Å²) in [6, 6.07) is 21.7. The number of amides is 1. The summed E-state index contributed by atoms with van der Waals surface area (Å²) < 4.78 is 12.0. The van der Waals surface area contributed by atoms with Gasteiger partial charge in [0.25, 0.3) is 5.91 Å². The van der Waals surface area contributed by atoms with E-state index in [2.05, 4.69) is 21.2 Å². The molecular formula is C24H18BrClN2O3. The van der Waals surface area contributed by atoms with Crippen molar-refractivity contribution in [2.75, 3.05) is 12.4 Å². The van der Waals surface area contributed by atoms with Gasteiger partial charge in [0.2, 0.25) is 0 Å². The summed E-state index contributed by atoms with van der Waals surface area (Å²) in [6.45, 7) is 0.324. The van der Waals surface area contributed by atoms with E-state index in [1.807, 2.05) is 24.3 Å². The SMILES string of the molecule is COc1cc(/C=C(/C#N)C(=O)Nc2ccccc2)cc(Br)c1OCc1ccc(Cl)cc1. The van der Waals surface area contributed by atoms with E-state index >= 15 is 0 Å². The summed E-state index contributed by atoms with van der Waals surface area (Å²) in [5.74, 6) is 0.490. The van der Waals surface area contributed by atoms with Crippen molar-refractivity contribution in [3.63, 3.8) is 0 Å². The quantitative estimate of drug-likeness (QED) is 0.310. The van der Waals surface area contributed by atoms with Crippen LogP contribution in [0, 0.1) is 11.3 Å². The second kappa shape index (κ2) is 10.7. The Morgan fingerprint density at radius 3 is 2.52 bits per heavy atom. The summed E-state index contributed by atoms with van der Waals surface area (Å²) in [4.78, 5) is 12.5. The highest BCUT2D eigenvalue weighted by atomic mass is 79.9. The Bertz CT molecular complexity index is 1140. The van der Waals surface area contributed by atoms with Crippen LogP contribution in [0.5, 0.6) is 11.5 Å². The molecule has 5 nitrogen and oxygen atoms in total. The predicted molar refractivity (Wildman–Crippen MR) is 125 cm³/mol. The van der Waals surface area contributed by atoms with Crippen molar-refractivity contribution in [2.24, 2.45) is 0 Å². The molecule has 0 aromatic heterocycles. The molecule has 0 fully saturated rings. The lowest BCUT2D eigenvalue weighted by molar-refractivity contribution is -0.112. The zero-order chi connectivity index (χ0) is 22.2. The van der Waals surface area contributed by atoms with Crippen molar-refractivity contribution in [3.8, 4) is 17.6 Å². The molecule has 0 heterocycles. The van der Waals surface area contributed by atoms with Crippen LogP contribution >= 0.6 is 27.5 Å². The summed E-state index contributed by atoms with van der Waals surface area (Å²) in [7, 11) is 1.53. The molecular weight excluding hydrogens is 480 g/mol. The zero-order valence-electron chi connectivity index (χ0n) is 16.6. The van der Waals surface area contributed by atoms with Crippen LogP contribution in [0.1, 0.15) is 11.1 Å². The van der Waals surface area contributed by atoms with E-state index in [1.165, 1.54) is 13.2 Å². The minimum absolute atomic E-state index is 0.0346. The van der Waals surface area contributed by atoms with Gasteiger partial charge in [-0.05, 0) is 69.5 Å². The molecule has 7 heteroatoms. The van der Waals surface area contributed by atoms with Crippen molar-refractivity contribution < 1.29 is 14.3 Å². The summed E-state index contributed by atoms with van der Waals surface area (Å²) >= 11 is 9.40.